The molecule has 7 N–H and O–H groups in total. The van der Waals surface area contributed by atoms with E-state index in [0.29, 0.717) is 10.6 Å². The zero-order chi connectivity index (χ0) is 25.5. The van der Waals surface area contributed by atoms with E-state index in [0.717, 1.165) is 11.8 Å². The highest BCUT2D eigenvalue weighted by Gasteiger charge is 2.32. The molecule has 2 rings (SSSR count). The number of ether oxygens (including phenoxy) is 1. The Morgan fingerprint density at radius 2 is 1.94 bits per heavy atom. The molecule has 0 bridgehead atoms. The van der Waals surface area contributed by atoms with Crippen molar-refractivity contribution in [2.24, 2.45) is 5.41 Å². The van der Waals surface area contributed by atoms with E-state index in [2.05, 4.69) is 20.8 Å². The summed E-state index contributed by atoms with van der Waals surface area (Å²) in [6.07, 6.45) is -1.42. The van der Waals surface area contributed by atoms with Gasteiger partial charge in [-0.2, -0.15) is 5.10 Å². The van der Waals surface area contributed by atoms with Crippen LogP contribution in [0.1, 0.15) is 37.7 Å². The van der Waals surface area contributed by atoms with Gasteiger partial charge in [0.1, 0.15) is 23.1 Å². The molecule has 0 saturated heterocycles. The van der Waals surface area contributed by atoms with Gasteiger partial charge in [0.25, 0.3) is 0 Å². The second-order valence-corrected chi connectivity index (χ2v) is 9.21. The van der Waals surface area contributed by atoms with Gasteiger partial charge in [0.15, 0.2) is 5.69 Å². The molecular weight excluding hydrogens is 468 g/mol. The van der Waals surface area contributed by atoms with Crippen molar-refractivity contribution in [2.75, 3.05) is 32.1 Å². The normalized spacial score (nSPS) is 12.4. The molecule has 12 nitrogen and oxygen atoms in total. The third kappa shape index (κ3) is 6.52. The summed E-state index contributed by atoms with van der Waals surface area (Å²) >= 11 is 1.15. The molecule has 1 aromatic heterocycles. The molecule has 0 saturated carbocycles. The zero-order valence-corrected chi connectivity index (χ0v) is 20.0. The Morgan fingerprint density at radius 1 is 1.24 bits per heavy atom. The summed E-state index contributed by atoms with van der Waals surface area (Å²) < 4.78 is 4.93. The zero-order valence-electron chi connectivity index (χ0n) is 19.2. The first kappa shape index (κ1) is 27.2. The number of carbonyl (C=O) groups excluding carboxylic acids is 3. The van der Waals surface area contributed by atoms with Gasteiger partial charge in [-0.25, -0.2) is 4.79 Å². The smallest absolute Gasteiger partial charge is 0.357 e. The fraction of sp³-hybridized carbons (Fsp3) is 0.524. The van der Waals surface area contributed by atoms with Crippen LogP contribution in [0.4, 0.5) is 0 Å². The number of aromatic hydroxyl groups is 2. The Kier molecular flexibility index (Phi) is 9.53. The standard InChI is InChI=1S/C21H30N4O8S/c1-4-33-20(32)16-14-15(24-25-16)11(27)9-12(17(14)29)34-8-7-22-13(28)5-6-23-19(31)18(30)21(2,3)10-26/h9,18,26-27,29-30H,4-8,10H2,1-3H3,(H,22,28)(H,23,31)(H,24,25). The van der Waals surface area contributed by atoms with Crippen LogP contribution in [0.25, 0.3) is 10.9 Å². The second-order valence-electron chi connectivity index (χ2n) is 8.07. The van der Waals surface area contributed by atoms with Crippen molar-refractivity contribution in [3.63, 3.8) is 0 Å². The van der Waals surface area contributed by atoms with Gasteiger partial charge < -0.3 is 35.8 Å². The molecule has 188 valence electrons. The van der Waals surface area contributed by atoms with Crippen molar-refractivity contribution in [1.29, 1.82) is 0 Å². The van der Waals surface area contributed by atoms with Gasteiger partial charge in [-0.3, -0.25) is 14.7 Å². The lowest BCUT2D eigenvalue weighted by molar-refractivity contribution is -0.137. The summed E-state index contributed by atoms with van der Waals surface area (Å²) in [5.74, 6) is -1.85. The predicted octanol–water partition coefficient (Wildman–Crippen LogP) is 0.245. The predicted molar refractivity (Wildman–Crippen MR) is 124 cm³/mol. The number of phenolic OH excluding ortho intramolecular Hbond substituents is 2. The number of benzene rings is 1. The van der Waals surface area contributed by atoms with Gasteiger partial charge in [-0.05, 0) is 13.0 Å². The summed E-state index contributed by atoms with van der Waals surface area (Å²) in [7, 11) is 0. The molecule has 34 heavy (non-hydrogen) atoms. The number of fused-ring (bicyclic) bond motifs is 1. The summed E-state index contributed by atoms with van der Waals surface area (Å²) in [4.78, 5) is 36.2. The van der Waals surface area contributed by atoms with Gasteiger partial charge in [-0.1, -0.05) is 13.8 Å². The summed E-state index contributed by atoms with van der Waals surface area (Å²) in [6.45, 7) is 4.72. The lowest BCUT2D eigenvalue weighted by atomic mass is 9.87. The highest BCUT2D eigenvalue weighted by molar-refractivity contribution is 7.99. The number of phenols is 2. The third-order valence-electron chi connectivity index (χ3n) is 4.96. The molecule has 0 radical (unpaired) electrons. The third-order valence-corrected chi connectivity index (χ3v) is 5.99. The number of amides is 2. The van der Waals surface area contributed by atoms with Crippen LogP contribution in [0, 0.1) is 5.41 Å². The minimum Gasteiger partial charge on any atom is -0.506 e. The molecule has 2 amide bonds. The molecule has 13 heteroatoms. The van der Waals surface area contributed by atoms with E-state index in [1.165, 1.54) is 6.07 Å². The number of hydrogen-bond acceptors (Lipinski definition) is 10. The molecule has 1 heterocycles. The molecule has 0 aliphatic rings. The fourth-order valence-electron chi connectivity index (χ4n) is 2.88. The second kappa shape index (κ2) is 11.9. The van der Waals surface area contributed by atoms with Crippen LogP contribution < -0.4 is 10.6 Å². The number of nitrogens with one attached hydrogen (secondary N) is 3. The molecule has 1 unspecified atom stereocenters. The summed E-state index contributed by atoms with van der Waals surface area (Å²) in [5, 5.41) is 51.4. The molecule has 1 atom stereocenters. The fourth-order valence-corrected chi connectivity index (χ4v) is 3.74. The summed E-state index contributed by atoms with van der Waals surface area (Å²) in [6, 6.07) is 1.31. The van der Waals surface area contributed by atoms with Gasteiger partial charge >= 0.3 is 5.97 Å². The lowest BCUT2D eigenvalue weighted by Gasteiger charge is -2.27. The van der Waals surface area contributed by atoms with Gasteiger partial charge in [0, 0.05) is 30.7 Å². The van der Waals surface area contributed by atoms with Gasteiger partial charge in [-0.15, -0.1) is 11.8 Å². The first-order valence-corrected chi connectivity index (χ1v) is 11.6. The lowest BCUT2D eigenvalue weighted by Crippen LogP contribution is -2.46. The topological polar surface area (TPSA) is 194 Å². The molecule has 0 aliphatic heterocycles. The number of rotatable bonds is 12. The first-order chi connectivity index (χ1) is 16.0. The largest absolute Gasteiger partial charge is 0.506 e. The number of carbonyl (C=O) groups is 3. The van der Waals surface area contributed by atoms with E-state index in [4.69, 9.17) is 4.74 Å². The van der Waals surface area contributed by atoms with Crippen molar-refractivity contribution in [3.05, 3.63) is 11.8 Å². The maximum Gasteiger partial charge on any atom is 0.357 e. The number of aromatic nitrogens is 2. The number of aliphatic hydroxyl groups is 2. The highest BCUT2D eigenvalue weighted by atomic mass is 32.2. The minimum atomic E-state index is -1.40. The van der Waals surface area contributed by atoms with Crippen LogP contribution in [0.5, 0.6) is 11.5 Å². The summed E-state index contributed by atoms with van der Waals surface area (Å²) in [5.41, 5.74) is -1.04. The molecular formula is C21H30N4O8S. The number of esters is 1. The molecule has 0 spiro atoms. The van der Waals surface area contributed by atoms with Gasteiger partial charge in [0.2, 0.25) is 11.8 Å². The number of thioether (sulfide) groups is 1. The van der Waals surface area contributed by atoms with Crippen LogP contribution in [0.3, 0.4) is 0 Å². The highest BCUT2D eigenvalue weighted by Crippen LogP contribution is 2.41. The van der Waals surface area contributed by atoms with Crippen molar-refractivity contribution in [1.82, 2.24) is 20.8 Å². The molecule has 1 aromatic carbocycles. The van der Waals surface area contributed by atoms with Crippen LogP contribution >= 0.6 is 11.8 Å². The minimum absolute atomic E-state index is 0.0127. The Morgan fingerprint density at radius 3 is 2.59 bits per heavy atom. The molecule has 0 aliphatic carbocycles. The quantitative estimate of drug-likeness (QED) is 0.0922. The van der Waals surface area contributed by atoms with Crippen LogP contribution in [0.2, 0.25) is 0 Å². The van der Waals surface area contributed by atoms with E-state index < -0.39 is 23.4 Å². The Hall–Kier alpha value is -3.03. The van der Waals surface area contributed by atoms with E-state index in [9.17, 15) is 34.8 Å². The average molecular weight is 499 g/mol. The Balaban J connectivity index is 1.85. The van der Waals surface area contributed by atoms with E-state index >= 15 is 0 Å². The SMILES string of the molecule is CCOC(=O)c1[nH]nc2c(O)cc(SCCNC(=O)CCNC(=O)C(O)C(C)(C)CO)c(O)c12. The van der Waals surface area contributed by atoms with E-state index in [-0.39, 0.29) is 66.7 Å². The maximum atomic E-state index is 12.1. The van der Waals surface area contributed by atoms with Crippen molar-refractivity contribution in [3.8, 4) is 11.5 Å². The molecule has 2 aromatic rings. The van der Waals surface area contributed by atoms with Crippen molar-refractivity contribution < 1.29 is 39.5 Å². The number of hydrogen-bond donors (Lipinski definition) is 7. The first-order valence-electron chi connectivity index (χ1n) is 10.6. The Bertz CT molecular complexity index is 1040. The van der Waals surface area contributed by atoms with Crippen molar-refractivity contribution in [2.45, 2.75) is 38.2 Å². The number of aliphatic hydroxyl groups excluding tert-OH is 2. The number of nitrogens with zero attached hydrogens (tertiary/aromatic N) is 1. The van der Waals surface area contributed by atoms with E-state index in [1.807, 2.05) is 0 Å². The van der Waals surface area contributed by atoms with Crippen molar-refractivity contribution >= 4 is 40.4 Å². The monoisotopic (exact) mass is 498 g/mol. The van der Waals surface area contributed by atoms with Gasteiger partial charge in [0.05, 0.1) is 23.5 Å². The average Bonchev–Trinajstić information content (AvgIpc) is 3.25. The molecule has 0 fully saturated rings. The van der Waals surface area contributed by atoms with Crippen LogP contribution in [0.15, 0.2) is 11.0 Å². The van der Waals surface area contributed by atoms with Crippen LogP contribution in [-0.4, -0.2) is 86.6 Å². The van der Waals surface area contributed by atoms with E-state index in [1.54, 1.807) is 20.8 Å². The maximum absolute atomic E-state index is 12.1. The Labute approximate surface area is 200 Å². The number of aromatic amines is 1. The number of H-pyrrole nitrogens is 1. The van der Waals surface area contributed by atoms with Crippen LogP contribution in [-0.2, 0) is 14.3 Å².